The van der Waals surface area contributed by atoms with Gasteiger partial charge < -0.3 is 11.5 Å². The van der Waals surface area contributed by atoms with Crippen molar-refractivity contribution in [3.63, 3.8) is 0 Å². The highest BCUT2D eigenvalue weighted by molar-refractivity contribution is 6.24. The minimum absolute atomic E-state index is 0.192. The van der Waals surface area contributed by atoms with Crippen LogP contribution in [0.15, 0.2) is 36.4 Å². The van der Waals surface area contributed by atoms with E-state index in [0.717, 1.165) is 9.80 Å². The molecule has 4 rings (SSSR count). The van der Waals surface area contributed by atoms with Gasteiger partial charge in [0, 0.05) is 24.5 Å². The SMILES string of the molecule is Nc1cccc2c1C(=O)N(CCCCN1C(=O)c3cccc(N)c3C1=O)C2=O. The lowest BCUT2D eigenvalue weighted by atomic mass is 10.1. The number of amides is 4. The maximum absolute atomic E-state index is 12.5. The van der Waals surface area contributed by atoms with Crippen LogP contribution in [0.1, 0.15) is 54.3 Å². The van der Waals surface area contributed by atoms with E-state index in [1.165, 1.54) is 0 Å². The van der Waals surface area contributed by atoms with Crippen molar-refractivity contribution in [3.8, 4) is 0 Å². The second-order valence-electron chi connectivity index (χ2n) is 6.77. The molecule has 2 aliphatic rings. The highest BCUT2D eigenvalue weighted by atomic mass is 16.2. The van der Waals surface area contributed by atoms with Gasteiger partial charge in [-0.05, 0) is 37.1 Å². The van der Waals surface area contributed by atoms with E-state index in [9.17, 15) is 19.2 Å². The van der Waals surface area contributed by atoms with Crippen molar-refractivity contribution in [2.24, 2.45) is 0 Å². The molecule has 0 saturated heterocycles. The number of fused-ring (bicyclic) bond motifs is 2. The van der Waals surface area contributed by atoms with Crippen molar-refractivity contribution < 1.29 is 19.2 Å². The molecule has 0 radical (unpaired) electrons. The van der Waals surface area contributed by atoms with Crippen LogP contribution in [0.25, 0.3) is 0 Å². The third-order valence-corrected chi connectivity index (χ3v) is 5.08. The molecule has 4 amide bonds. The normalized spacial score (nSPS) is 15.4. The van der Waals surface area contributed by atoms with E-state index in [4.69, 9.17) is 11.5 Å². The summed E-state index contributed by atoms with van der Waals surface area (Å²) in [7, 11) is 0. The number of benzene rings is 2. The second-order valence-corrected chi connectivity index (χ2v) is 6.77. The summed E-state index contributed by atoms with van der Waals surface area (Å²) in [6.07, 6.45) is 0.905. The minimum Gasteiger partial charge on any atom is -0.398 e. The van der Waals surface area contributed by atoms with Crippen LogP contribution in [0, 0.1) is 0 Å². The molecular weight excluding hydrogens is 360 g/mol. The molecule has 0 aromatic heterocycles. The first-order chi connectivity index (χ1) is 13.4. The van der Waals surface area contributed by atoms with E-state index in [1.54, 1.807) is 36.4 Å². The van der Waals surface area contributed by atoms with Crippen LogP contribution < -0.4 is 11.5 Å². The van der Waals surface area contributed by atoms with Crippen LogP contribution in [0.5, 0.6) is 0 Å². The predicted octanol–water partition coefficient (Wildman–Crippen LogP) is 1.52. The van der Waals surface area contributed by atoms with Crippen molar-refractivity contribution in [1.82, 2.24) is 9.80 Å². The molecule has 142 valence electrons. The lowest BCUT2D eigenvalue weighted by Crippen LogP contribution is -2.33. The number of unbranched alkanes of at least 4 members (excludes halogenated alkanes) is 1. The van der Waals surface area contributed by atoms with E-state index in [1.807, 2.05) is 0 Å². The Morgan fingerprint density at radius 2 is 1.00 bits per heavy atom. The topological polar surface area (TPSA) is 127 Å². The predicted molar refractivity (Wildman–Crippen MR) is 102 cm³/mol. The molecular formula is C20H18N4O4. The van der Waals surface area contributed by atoms with Gasteiger partial charge in [-0.2, -0.15) is 0 Å². The summed E-state index contributed by atoms with van der Waals surface area (Å²) in [4.78, 5) is 52.1. The van der Waals surface area contributed by atoms with Crippen LogP contribution in [0.4, 0.5) is 11.4 Å². The molecule has 0 unspecified atom stereocenters. The summed E-state index contributed by atoms with van der Waals surface area (Å²) >= 11 is 0. The van der Waals surface area contributed by atoms with Crippen molar-refractivity contribution in [3.05, 3.63) is 58.7 Å². The number of nitrogens with two attached hydrogens (primary N) is 2. The van der Waals surface area contributed by atoms with Gasteiger partial charge in [0.15, 0.2) is 0 Å². The third-order valence-electron chi connectivity index (χ3n) is 5.08. The molecule has 2 aliphatic heterocycles. The molecule has 2 heterocycles. The number of anilines is 2. The molecule has 28 heavy (non-hydrogen) atoms. The first-order valence-corrected chi connectivity index (χ1v) is 8.91. The number of hydrogen-bond acceptors (Lipinski definition) is 6. The van der Waals surface area contributed by atoms with Gasteiger partial charge in [0.25, 0.3) is 23.6 Å². The zero-order valence-corrected chi connectivity index (χ0v) is 15.0. The van der Waals surface area contributed by atoms with E-state index < -0.39 is 11.8 Å². The smallest absolute Gasteiger partial charge is 0.263 e. The molecule has 0 fully saturated rings. The quantitative estimate of drug-likeness (QED) is 0.461. The van der Waals surface area contributed by atoms with Crippen LogP contribution >= 0.6 is 0 Å². The van der Waals surface area contributed by atoms with E-state index >= 15 is 0 Å². The summed E-state index contributed by atoms with van der Waals surface area (Å²) in [6, 6.07) is 9.60. The number of nitrogens with zero attached hydrogens (tertiary/aromatic N) is 2. The Labute approximate surface area is 160 Å². The van der Waals surface area contributed by atoms with Crippen molar-refractivity contribution in [2.45, 2.75) is 12.8 Å². The lowest BCUT2D eigenvalue weighted by Gasteiger charge is -2.16. The van der Waals surface area contributed by atoms with Crippen molar-refractivity contribution in [2.75, 3.05) is 24.6 Å². The number of imide groups is 2. The van der Waals surface area contributed by atoms with Crippen molar-refractivity contribution in [1.29, 1.82) is 0 Å². The number of carbonyl (C=O) groups excluding carboxylic acids is 4. The number of carbonyl (C=O) groups is 4. The summed E-state index contributed by atoms with van der Waals surface area (Å²) in [6.45, 7) is 0.383. The number of nitrogen functional groups attached to an aromatic ring is 2. The number of rotatable bonds is 5. The van der Waals surface area contributed by atoms with Gasteiger partial charge in [-0.15, -0.1) is 0 Å². The second kappa shape index (κ2) is 6.49. The van der Waals surface area contributed by atoms with Gasteiger partial charge in [0.2, 0.25) is 0 Å². The first kappa shape index (κ1) is 17.7. The molecule has 2 aromatic rings. The Morgan fingerprint density at radius 1 is 0.607 bits per heavy atom. The zero-order valence-electron chi connectivity index (χ0n) is 15.0. The summed E-state index contributed by atoms with van der Waals surface area (Å²) in [5.74, 6) is -1.57. The van der Waals surface area contributed by atoms with Gasteiger partial charge in [-0.25, -0.2) is 0 Å². The summed E-state index contributed by atoms with van der Waals surface area (Å²) < 4.78 is 0. The molecule has 2 aromatic carbocycles. The number of hydrogen-bond donors (Lipinski definition) is 2. The Kier molecular flexibility index (Phi) is 4.11. The molecule has 0 saturated carbocycles. The van der Waals surface area contributed by atoms with Gasteiger partial charge in [-0.1, -0.05) is 12.1 Å². The highest BCUT2D eigenvalue weighted by Gasteiger charge is 2.38. The van der Waals surface area contributed by atoms with Crippen LogP contribution in [0.2, 0.25) is 0 Å². The average Bonchev–Trinajstić information content (AvgIpc) is 3.06. The zero-order chi connectivity index (χ0) is 20.0. The minimum atomic E-state index is -0.411. The van der Waals surface area contributed by atoms with Crippen LogP contribution in [-0.2, 0) is 0 Å². The summed E-state index contributed by atoms with van der Waals surface area (Å²) in [5, 5.41) is 0. The lowest BCUT2D eigenvalue weighted by molar-refractivity contribution is 0.0615. The standard InChI is InChI=1S/C20H18N4O4/c21-13-7-3-5-11-15(13)19(27)23(17(11)25)9-1-2-10-24-18(26)12-6-4-8-14(22)16(12)20(24)28/h3-8H,1-2,9-10,21-22H2. The van der Waals surface area contributed by atoms with Crippen LogP contribution in [0.3, 0.4) is 0 Å². The molecule has 8 heteroatoms. The van der Waals surface area contributed by atoms with E-state index in [-0.39, 0.29) is 47.4 Å². The molecule has 0 atom stereocenters. The molecule has 8 nitrogen and oxygen atoms in total. The van der Waals surface area contributed by atoms with Gasteiger partial charge >= 0.3 is 0 Å². The monoisotopic (exact) mass is 378 g/mol. The Morgan fingerprint density at radius 3 is 1.36 bits per heavy atom. The largest absolute Gasteiger partial charge is 0.398 e. The summed E-state index contributed by atoms with van der Waals surface area (Å²) in [5.41, 5.74) is 13.3. The van der Waals surface area contributed by atoms with Gasteiger partial charge in [0.1, 0.15) is 0 Å². The fourth-order valence-electron chi connectivity index (χ4n) is 3.67. The maximum Gasteiger partial charge on any atom is 0.263 e. The third kappa shape index (κ3) is 2.53. The Balaban J connectivity index is 1.38. The molecule has 4 N–H and O–H groups in total. The maximum atomic E-state index is 12.5. The first-order valence-electron chi connectivity index (χ1n) is 8.91. The Hall–Kier alpha value is -3.68. The van der Waals surface area contributed by atoms with E-state index in [0.29, 0.717) is 24.0 Å². The van der Waals surface area contributed by atoms with E-state index in [2.05, 4.69) is 0 Å². The molecule has 0 bridgehead atoms. The Bertz CT molecular complexity index is 963. The highest BCUT2D eigenvalue weighted by Crippen LogP contribution is 2.29. The average molecular weight is 378 g/mol. The van der Waals surface area contributed by atoms with Crippen molar-refractivity contribution >= 4 is 35.0 Å². The fraction of sp³-hybridized carbons (Fsp3) is 0.200. The van der Waals surface area contributed by atoms with Gasteiger partial charge in [-0.3, -0.25) is 29.0 Å². The fourth-order valence-corrected chi connectivity index (χ4v) is 3.67. The molecule has 0 spiro atoms. The van der Waals surface area contributed by atoms with Crippen LogP contribution in [-0.4, -0.2) is 46.5 Å². The van der Waals surface area contributed by atoms with Gasteiger partial charge in [0.05, 0.1) is 22.3 Å². The molecule has 0 aliphatic carbocycles.